The Morgan fingerprint density at radius 1 is 1.00 bits per heavy atom. The Hall–Kier alpha value is -3.96. The Morgan fingerprint density at radius 3 is 2.49 bits per heavy atom. The minimum Gasteiger partial charge on any atom is -0.350 e. The van der Waals surface area contributed by atoms with Crippen molar-refractivity contribution in [2.24, 2.45) is 0 Å². The lowest BCUT2D eigenvalue weighted by molar-refractivity contribution is 0.0943. The van der Waals surface area contributed by atoms with Gasteiger partial charge in [-0.05, 0) is 62.1 Å². The molecule has 1 amide bonds. The number of halogens is 1. The molecular formula is C24H24FN5O4S. The van der Waals surface area contributed by atoms with Crippen LogP contribution in [-0.2, 0) is 10.0 Å². The first-order valence-electron chi connectivity index (χ1n) is 10.7. The van der Waals surface area contributed by atoms with Crippen molar-refractivity contribution >= 4 is 32.7 Å². The lowest BCUT2D eigenvalue weighted by atomic mass is 10.1. The zero-order chi connectivity index (χ0) is 25.2. The van der Waals surface area contributed by atoms with Crippen LogP contribution < -0.4 is 15.7 Å². The highest BCUT2D eigenvalue weighted by Gasteiger charge is 2.21. The summed E-state index contributed by atoms with van der Waals surface area (Å²) in [4.78, 5) is 31.3. The maximum Gasteiger partial charge on any atom is 0.323 e. The van der Waals surface area contributed by atoms with Crippen LogP contribution in [0.1, 0.15) is 22.0 Å². The minimum atomic E-state index is -4.06. The number of anilines is 1. The molecule has 35 heavy (non-hydrogen) atoms. The fourth-order valence-electron chi connectivity index (χ4n) is 3.75. The van der Waals surface area contributed by atoms with Gasteiger partial charge in [-0.1, -0.05) is 24.3 Å². The first kappa shape index (κ1) is 24.2. The number of aromatic amines is 2. The van der Waals surface area contributed by atoms with Gasteiger partial charge in [0.25, 0.3) is 15.9 Å². The molecule has 3 aromatic carbocycles. The monoisotopic (exact) mass is 497 g/mol. The van der Waals surface area contributed by atoms with Crippen molar-refractivity contribution in [2.45, 2.75) is 10.9 Å². The van der Waals surface area contributed by atoms with Crippen LogP contribution in [0, 0.1) is 5.82 Å². The molecule has 0 aliphatic carbocycles. The lowest BCUT2D eigenvalue weighted by Gasteiger charge is -2.25. The van der Waals surface area contributed by atoms with E-state index in [4.69, 9.17) is 0 Å². The number of nitrogens with one attached hydrogen (secondary N) is 4. The Bertz CT molecular complexity index is 1540. The van der Waals surface area contributed by atoms with E-state index in [9.17, 15) is 22.4 Å². The number of sulfonamides is 1. The molecule has 0 aliphatic rings. The van der Waals surface area contributed by atoms with Crippen LogP contribution >= 0.6 is 0 Å². The number of imidazole rings is 1. The van der Waals surface area contributed by atoms with Gasteiger partial charge in [0.05, 0.1) is 33.2 Å². The van der Waals surface area contributed by atoms with E-state index < -0.39 is 21.6 Å². The van der Waals surface area contributed by atoms with E-state index in [1.807, 2.05) is 19.0 Å². The highest BCUT2D eigenvalue weighted by molar-refractivity contribution is 7.92. The van der Waals surface area contributed by atoms with Crippen LogP contribution in [0.15, 0.2) is 76.4 Å². The van der Waals surface area contributed by atoms with Crippen LogP contribution in [0.4, 0.5) is 10.1 Å². The molecule has 4 N–H and O–H groups in total. The second kappa shape index (κ2) is 9.72. The summed E-state index contributed by atoms with van der Waals surface area (Å²) in [5.41, 5.74) is 1.29. The second-order valence-electron chi connectivity index (χ2n) is 8.18. The summed E-state index contributed by atoms with van der Waals surface area (Å²) >= 11 is 0. The molecule has 11 heteroatoms. The molecule has 0 fully saturated rings. The molecule has 1 atom stereocenters. The Kier molecular flexibility index (Phi) is 6.72. The van der Waals surface area contributed by atoms with Gasteiger partial charge in [0.15, 0.2) is 0 Å². The quantitative estimate of drug-likeness (QED) is 0.298. The van der Waals surface area contributed by atoms with Crippen LogP contribution in [0.3, 0.4) is 0 Å². The van der Waals surface area contributed by atoms with E-state index >= 15 is 0 Å². The molecular weight excluding hydrogens is 473 g/mol. The fraction of sp³-hybridized carbons (Fsp3) is 0.167. The molecule has 4 rings (SSSR count). The average molecular weight is 498 g/mol. The predicted molar refractivity (Wildman–Crippen MR) is 131 cm³/mol. The van der Waals surface area contributed by atoms with Gasteiger partial charge in [-0.3, -0.25) is 9.52 Å². The van der Waals surface area contributed by atoms with E-state index in [2.05, 4.69) is 20.0 Å². The van der Waals surface area contributed by atoms with Crippen molar-refractivity contribution in [3.8, 4) is 0 Å². The van der Waals surface area contributed by atoms with Gasteiger partial charge in [0.2, 0.25) is 0 Å². The highest BCUT2D eigenvalue weighted by Crippen LogP contribution is 2.23. The number of likely N-dealkylation sites (N-methyl/N-ethyl adjacent to an activating group) is 1. The van der Waals surface area contributed by atoms with Crippen molar-refractivity contribution in [3.63, 3.8) is 0 Å². The largest absolute Gasteiger partial charge is 0.350 e. The van der Waals surface area contributed by atoms with Gasteiger partial charge in [0, 0.05) is 6.54 Å². The smallest absolute Gasteiger partial charge is 0.323 e. The Balaban J connectivity index is 1.54. The van der Waals surface area contributed by atoms with Crippen molar-refractivity contribution in [1.29, 1.82) is 0 Å². The van der Waals surface area contributed by atoms with Crippen LogP contribution in [-0.4, -0.2) is 49.8 Å². The number of H-pyrrole nitrogens is 2. The van der Waals surface area contributed by atoms with Gasteiger partial charge in [-0.15, -0.1) is 0 Å². The summed E-state index contributed by atoms with van der Waals surface area (Å²) in [6, 6.07) is 16.2. The number of carbonyl (C=O) groups is 1. The third-order valence-corrected chi connectivity index (χ3v) is 6.89. The normalized spacial score (nSPS) is 12.6. The molecule has 182 valence electrons. The van der Waals surface area contributed by atoms with Crippen molar-refractivity contribution < 1.29 is 17.6 Å². The molecule has 0 saturated carbocycles. The van der Waals surface area contributed by atoms with Crippen LogP contribution in [0.2, 0.25) is 0 Å². The molecule has 0 radical (unpaired) electrons. The van der Waals surface area contributed by atoms with Crippen molar-refractivity contribution in [2.75, 3.05) is 25.4 Å². The maximum absolute atomic E-state index is 13.7. The first-order chi connectivity index (χ1) is 16.6. The zero-order valence-corrected chi connectivity index (χ0v) is 19.8. The number of hydrogen-bond donors (Lipinski definition) is 4. The van der Waals surface area contributed by atoms with Gasteiger partial charge in [-0.2, -0.15) is 0 Å². The van der Waals surface area contributed by atoms with E-state index in [1.165, 1.54) is 42.5 Å². The average Bonchev–Trinajstić information content (AvgIpc) is 3.18. The maximum atomic E-state index is 13.7. The number of rotatable bonds is 8. The summed E-state index contributed by atoms with van der Waals surface area (Å²) in [6.45, 7) is 0.174. The number of carbonyl (C=O) groups excluding carboxylic acids is 1. The zero-order valence-electron chi connectivity index (χ0n) is 19.0. The SMILES string of the molecule is CN(C)[C@@H](CNC(=O)c1ccccc1NS(=O)(=O)c1ccc2[nH]c(=O)[nH]c2c1)c1cccc(F)c1. The highest BCUT2D eigenvalue weighted by atomic mass is 32.2. The second-order valence-corrected chi connectivity index (χ2v) is 9.86. The summed E-state index contributed by atoms with van der Waals surface area (Å²) in [5.74, 6) is -0.862. The summed E-state index contributed by atoms with van der Waals surface area (Å²) < 4.78 is 42.2. The minimum absolute atomic E-state index is 0.0748. The standard InChI is InChI=1S/C24H24FN5O4S/c1-30(2)22(15-6-5-7-16(25)12-15)14-26-23(31)18-8-3-4-9-19(18)29-35(33,34)17-10-11-20-21(13-17)28-24(32)27-20/h3-13,22,29H,14H2,1-2H3,(H,26,31)(H2,27,28,32)/t22-/m0/s1. The van der Waals surface area contributed by atoms with Gasteiger partial charge < -0.3 is 20.2 Å². The third kappa shape index (κ3) is 5.42. The number of hydrogen-bond acceptors (Lipinski definition) is 5. The molecule has 0 bridgehead atoms. The molecule has 0 spiro atoms. The van der Waals surface area contributed by atoms with E-state index in [0.29, 0.717) is 16.6 Å². The summed E-state index contributed by atoms with van der Waals surface area (Å²) in [5, 5.41) is 2.81. The molecule has 0 unspecified atom stereocenters. The van der Waals surface area contributed by atoms with Gasteiger partial charge in [0.1, 0.15) is 5.82 Å². The van der Waals surface area contributed by atoms with E-state index in [-0.39, 0.29) is 34.6 Å². The molecule has 0 saturated heterocycles. The fourth-order valence-corrected chi connectivity index (χ4v) is 4.86. The Labute approximate surface area is 201 Å². The van der Waals surface area contributed by atoms with Gasteiger partial charge in [-0.25, -0.2) is 17.6 Å². The van der Waals surface area contributed by atoms with Crippen molar-refractivity contribution in [1.82, 2.24) is 20.2 Å². The lowest BCUT2D eigenvalue weighted by Crippen LogP contribution is -2.35. The molecule has 9 nitrogen and oxygen atoms in total. The van der Waals surface area contributed by atoms with Gasteiger partial charge >= 0.3 is 5.69 Å². The number of benzene rings is 3. The molecule has 1 aromatic heterocycles. The number of fused-ring (bicyclic) bond motifs is 1. The first-order valence-corrected chi connectivity index (χ1v) is 12.2. The number of amides is 1. The summed E-state index contributed by atoms with van der Waals surface area (Å²) in [6.07, 6.45) is 0. The molecule has 0 aliphatic heterocycles. The van der Waals surface area contributed by atoms with E-state index in [0.717, 1.165) is 0 Å². The predicted octanol–water partition coefficient (Wildman–Crippen LogP) is 2.83. The van der Waals surface area contributed by atoms with Crippen molar-refractivity contribution in [3.05, 3.63) is 94.2 Å². The third-order valence-electron chi connectivity index (χ3n) is 5.53. The topological polar surface area (TPSA) is 127 Å². The number of para-hydroxylation sites is 1. The molecule has 4 aromatic rings. The summed E-state index contributed by atoms with van der Waals surface area (Å²) in [7, 11) is -0.424. The number of nitrogens with zero attached hydrogens (tertiary/aromatic N) is 1. The van der Waals surface area contributed by atoms with Crippen LogP contribution in [0.25, 0.3) is 11.0 Å². The van der Waals surface area contributed by atoms with Crippen LogP contribution in [0.5, 0.6) is 0 Å². The Morgan fingerprint density at radius 2 is 1.74 bits per heavy atom. The molecule has 1 heterocycles. The number of aromatic nitrogens is 2. The van der Waals surface area contributed by atoms with E-state index in [1.54, 1.807) is 24.3 Å².